The third kappa shape index (κ3) is 2.76. The highest BCUT2D eigenvalue weighted by Gasteiger charge is 2.39. The van der Waals surface area contributed by atoms with Crippen LogP contribution in [0.4, 0.5) is 0 Å². The van der Waals surface area contributed by atoms with E-state index in [1.54, 1.807) is 0 Å². The Morgan fingerprint density at radius 1 is 1.32 bits per heavy atom. The average Bonchev–Trinajstić information content (AvgIpc) is 2.25. The van der Waals surface area contributed by atoms with Crippen LogP contribution >= 0.6 is 0 Å². The second kappa shape index (κ2) is 4.78. The van der Waals surface area contributed by atoms with Gasteiger partial charge in [-0.1, -0.05) is 27.7 Å². The summed E-state index contributed by atoms with van der Waals surface area (Å²) in [7, 11) is 4.20. The molecular formula is C16H26NO2+. The first kappa shape index (κ1) is 14.3. The highest BCUT2D eigenvalue weighted by Crippen LogP contribution is 2.41. The Balaban J connectivity index is 2.42. The molecule has 2 aliphatic rings. The number of allylic oxidation sites excluding steroid dienone is 3. The number of carbonyl (C=O) groups excluding carboxylic acids is 1. The number of nitrogens with one attached hydrogen (secondary N) is 1. The first-order valence-corrected chi connectivity index (χ1v) is 7.16. The number of likely N-dealkylation sites (N-methyl/N-ethyl adjacent to an activating group) is 1. The largest absolute Gasteiger partial charge is 0.442 e. The van der Waals surface area contributed by atoms with Gasteiger partial charge in [-0.3, -0.25) is 4.79 Å². The zero-order valence-corrected chi connectivity index (χ0v) is 13.0. The van der Waals surface area contributed by atoms with Gasteiger partial charge in [-0.25, -0.2) is 0 Å². The summed E-state index contributed by atoms with van der Waals surface area (Å²) in [6.45, 7) is 8.59. The smallest absolute Gasteiger partial charge is 0.254 e. The van der Waals surface area contributed by atoms with E-state index in [4.69, 9.17) is 4.74 Å². The normalized spacial score (nSPS) is 26.4. The van der Waals surface area contributed by atoms with Crippen molar-refractivity contribution in [1.29, 1.82) is 0 Å². The van der Waals surface area contributed by atoms with E-state index >= 15 is 0 Å². The van der Waals surface area contributed by atoms with E-state index in [0.717, 1.165) is 17.8 Å². The van der Waals surface area contributed by atoms with Crippen LogP contribution in [0.25, 0.3) is 0 Å². The molecule has 1 aliphatic carbocycles. The number of rotatable bonds is 2. The molecule has 0 saturated heterocycles. The molecule has 106 valence electrons. The monoisotopic (exact) mass is 264 g/mol. The number of hydrogen-bond donors (Lipinski definition) is 1. The predicted octanol–water partition coefficient (Wildman–Crippen LogP) is 1.71. The van der Waals surface area contributed by atoms with Crippen molar-refractivity contribution in [2.75, 3.05) is 14.1 Å². The van der Waals surface area contributed by atoms with Gasteiger partial charge in [0, 0.05) is 18.4 Å². The summed E-state index contributed by atoms with van der Waals surface area (Å²) in [4.78, 5) is 13.6. The summed E-state index contributed by atoms with van der Waals surface area (Å²) in [6.07, 6.45) is 3.62. The van der Waals surface area contributed by atoms with Crippen LogP contribution in [0.1, 0.15) is 40.5 Å². The van der Waals surface area contributed by atoms with Gasteiger partial charge in [-0.05, 0) is 17.4 Å². The van der Waals surface area contributed by atoms with Crippen LogP contribution < -0.4 is 4.90 Å². The van der Waals surface area contributed by atoms with Crippen molar-refractivity contribution in [1.82, 2.24) is 0 Å². The van der Waals surface area contributed by atoms with Gasteiger partial charge >= 0.3 is 0 Å². The first-order chi connectivity index (χ1) is 8.71. The van der Waals surface area contributed by atoms with Crippen LogP contribution in [-0.4, -0.2) is 26.1 Å². The van der Waals surface area contributed by atoms with E-state index in [2.05, 4.69) is 47.9 Å². The second-order valence-electron chi connectivity index (χ2n) is 7.15. The van der Waals surface area contributed by atoms with Crippen LogP contribution in [-0.2, 0) is 9.53 Å². The molecule has 19 heavy (non-hydrogen) atoms. The minimum absolute atomic E-state index is 0.0191. The molecule has 1 unspecified atom stereocenters. The molecule has 1 heterocycles. The SMILES string of the molecule is CC(C)C1=CC2=C(CC(C)(C)CC2=O)OC1[NH+](C)C. The lowest BCUT2D eigenvalue weighted by molar-refractivity contribution is -0.903. The van der Waals surface area contributed by atoms with Crippen molar-refractivity contribution in [3.05, 3.63) is 23.0 Å². The number of ether oxygens (including phenoxy) is 1. The molecule has 0 aromatic carbocycles. The zero-order valence-electron chi connectivity index (χ0n) is 13.0. The third-order valence-corrected chi connectivity index (χ3v) is 3.94. The van der Waals surface area contributed by atoms with Crippen molar-refractivity contribution >= 4 is 5.78 Å². The predicted molar refractivity (Wildman–Crippen MR) is 75.7 cm³/mol. The summed E-state index contributed by atoms with van der Waals surface area (Å²) in [5.74, 6) is 1.53. The number of Topliss-reactive ketones (excluding diaryl/α,β-unsaturated/α-hetero) is 1. The van der Waals surface area contributed by atoms with E-state index in [1.807, 2.05) is 0 Å². The second-order valence-corrected chi connectivity index (χ2v) is 7.15. The lowest BCUT2D eigenvalue weighted by Crippen LogP contribution is -3.10. The maximum atomic E-state index is 12.3. The lowest BCUT2D eigenvalue weighted by atomic mass is 9.75. The van der Waals surface area contributed by atoms with Crippen LogP contribution in [0.15, 0.2) is 23.0 Å². The lowest BCUT2D eigenvalue weighted by Gasteiger charge is -2.37. The molecule has 0 saturated carbocycles. The minimum atomic E-state index is 0.0191. The molecule has 0 amide bonds. The van der Waals surface area contributed by atoms with Gasteiger partial charge in [0.1, 0.15) is 5.76 Å². The van der Waals surface area contributed by atoms with E-state index in [1.165, 1.54) is 10.5 Å². The fourth-order valence-electron chi connectivity index (χ4n) is 2.92. The van der Waals surface area contributed by atoms with E-state index in [-0.39, 0.29) is 17.4 Å². The van der Waals surface area contributed by atoms with E-state index in [9.17, 15) is 4.79 Å². The van der Waals surface area contributed by atoms with Gasteiger partial charge in [-0.2, -0.15) is 0 Å². The van der Waals surface area contributed by atoms with Crippen molar-refractivity contribution in [2.45, 2.75) is 46.8 Å². The summed E-state index contributed by atoms with van der Waals surface area (Å²) < 4.78 is 6.19. The summed E-state index contributed by atoms with van der Waals surface area (Å²) >= 11 is 0. The standard InChI is InChI=1S/C16H25NO2/c1-10(2)11-7-12-13(18)8-16(3,4)9-14(12)19-15(11)17(5)6/h7,10,15H,8-9H2,1-6H3/p+1. The van der Waals surface area contributed by atoms with Crippen molar-refractivity contribution in [2.24, 2.45) is 11.3 Å². The van der Waals surface area contributed by atoms with Crippen LogP contribution in [0.3, 0.4) is 0 Å². The fraction of sp³-hybridized carbons (Fsp3) is 0.688. The van der Waals surface area contributed by atoms with Crippen LogP contribution in [0.5, 0.6) is 0 Å². The molecule has 0 radical (unpaired) electrons. The molecule has 0 aromatic rings. The summed E-state index contributed by atoms with van der Waals surface area (Å²) in [5, 5.41) is 0. The highest BCUT2D eigenvalue weighted by molar-refractivity contribution is 6.00. The average molecular weight is 264 g/mol. The Labute approximate surface area is 116 Å². The van der Waals surface area contributed by atoms with Gasteiger partial charge in [0.15, 0.2) is 5.78 Å². The van der Waals surface area contributed by atoms with Crippen LogP contribution in [0, 0.1) is 11.3 Å². The van der Waals surface area contributed by atoms with Gasteiger partial charge < -0.3 is 9.64 Å². The number of quaternary nitrogens is 1. The third-order valence-electron chi connectivity index (χ3n) is 3.94. The van der Waals surface area contributed by atoms with E-state index < -0.39 is 0 Å². The van der Waals surface area contributed by atoms with Gasteiger partial charge in [0.05, 0.1) is 19.7 Å². The van der Waals surface area contributed by atoms with E-state index in [0.29, 0.717) is 12.3 Å². The molecule has 1 atom stereocenters. The first-order valence-electron chi connectivity index (χ1n) is 7.16. The molecule has 0 bridgehead atoms. The molecule has 0 spiro atoms. The van der Waals surface area contributed by atoms with Gasteiger partial charge in [0.25, 0.3) is 6.23 Å². The number of hydrogen-bond acceptors (Lipinski definition) is 2. The molecule has 3 nitrogen and oxygen atoms in total. The Hall–Kier alpha value is -1.09. The Morgan fingerprint density at radius 2 is 1.95 bits per heavy atom. The van der Waals surface area contributed by atoms with Crippen LogP contribution in [0.2, 0.25) is 0 Å². The summed E-state index contributed by atoms with van der Waals surface area (Å²) in [5.41, 5.74) is 2.07. The fourth-order valence-corrected chi connectivity index (χ4v) is 2.92. The molecule has 3 heteroatoms. The molecule has 0 fully saturated rings. The van der Waals surface area contributed by atoms with Gasteiger partial charge in [0.2, 0.25) is 0 Å². The summed E-state index contributed by atoms with van der Waals surface area (Å²) in [6, 6.07) is 0. The Bertz CT molecular complexity index is 455. The van der Waals surface area contributed by atoms with Crippen molar-refractivity contribution in [3.8, 4) is 0 Å². The number of ketones is 1. The molecule has 1 aliphatic heterocycles. The van der Waals surface area contributed by atoms with Crippen molar-refractivity contribution < 1.29 is 14.4 Å². The zero-order chi connectivity index (χ0) is 14.4. The molecule has 0 aromatic heterocycles. The topological polar surface area (TPSA) is 30.7 Å². The minimum Gasteiger partial charge on any atom is -0.442 e. The molecule has 1 N–H and O–H groups in total. The van der Waals surface area contributed by atoms with Gasteiger partial charge in [-0.15, -0.1) is 0 Å². The Kier molecular flexibility index (Phi) is 3.61. The maximum Gasteiger partial charge on any atom is 0.254 e. The highest BCUT2D eigenvalue weighted by atomic mass is 16.5. The quantitative estimate of drug-likeness (QED) is 0.823. The Morgan fingerprint density at radius 3 is 2.47 bits per heavy atom. The molecule has 2 rings (SSSR count). The maximum absolute atomic E-state index is 12.3. The molecular weight excluding hydrogens is 238 g/mol. The number of carbonyl (C=O) groups is 1. The van der Waals surface area contributed by atoms with Crippen molar-refractivity contribution in [3.63, 3.8) is 0 Å².